The van der Waals surface area contributed by atoms with Gasteiger partial charge in [0.2, 0.25) is 5.78 Å². The van der Waals surface area contributed by atoms with Crippen molar-refractivity contribution < 1.29 is 19.1 Å². The molecule has 0 aromatic heterocycles. The Bertz CT molecular complexity index is 1000. The van der Waals surface area contributed by atoms with Gasteiger partial charge in [0.25, 0.3) is 0 Å². The van der Waals surface area contributed by atoms with E-state index >= 15 is 0 Å². The summed E-state index contributed by atoms with van der Waals surface area (Å²) < 4.78 is 10.9. The topological polar surface area (TPSA) is 52.6 Å². The highest BCUT2D eigenvalue weighted by Gasteiger charge is 2.26. The van der Waals surface area contributed by atoms with Gasteiger partial charge in [0.05, 0.1) is 5.02 Å². The van der Waals surface area contributed by atoms with Crippen LogP contribution in [-0.2, 0) is 9.53 Å². The van der Waals surface area contributed by atoms with Crippen molar-refractivity contribution in [3.05, 3.63) is 99.5 Å². The Balaban J connectivity index is 1.75. The zero-order chi connectivity index (χ0) is 20.8. The normalized spacial score (nSPS) is 11.6. The van der Waals surface area contributed by atoms with Crippen molar-refractivity contribution in [3.63, 3.8) is 0 Å². The highest BCUT2D eigenvalue weighted by Crippen LogP contribution is 2.28. The summed E-state index contributed by atoms with van der Waals surface area (Å²) >= 11 is 11.9. The van der Waals surface area contributed by atoms with E-state index in [-0.39, 0.29) is 10.8 Å². The summed E-state index contributed by atoms with van der Waals surface area (Å²) in [4.78, 5) is 25.4. The van der Waals surface area contributed by atoms with Crippen LogP contribution in [0.1, 0.15) is 27.6 Å². The van der Waals surface area contributed by atoms with E-state index in [1.54, 1.807) is 48.5 Å². The third-order valence-corrected chi connectivity index (χ3v) is 4.70. The summed E-state index contributed by atoms with van der Waals surface area (Å²) in [6.07, 6.45) is -1.07. The summed E-state index contributed by atoms with van der Waals surface area (Å²) in [5, 5.41) is 0.735. The van der Waals surface area contributed by atoms with E-state index < -0.39 is 18.7 Å². The predicted octanol–water partition coefficient (Wildman–Crippen LogP) is 5.85. The average Bonchev–Trinajstić information content (AvgIpc) is 2.72. The number of Topliss-reactive ketones (excluding diaryl/α,β-unsaturated/α-hetero) is 1. The van der Waals surface area contributed by atoms with Crippen molar-refractivity contribution in [2.45, 2.75) is 13.0 Å². The van der Waals surface area contributed by atoms with Crippen molar-refractivity contribution in [2.24, 2.45) is 0 Å². The molecule has 0 N–H and O–H groups in total. The van der Waals surface area contributed by atoms with Gasteiger partial charge in [-0.3, -0.25) is 4.79 Å². The van der Waals surface area contributed by atoms with Gasteiger partial charge in [-0.1, -0.05) is 83.4 Å². The minimum absolute atomic E-state index is 0.278. The molecule has 0 unspecified atom stereocenters. The summed E-state index contributed by atoms with van der Waals surface area (Å²) in [6.45, 7) is 1.54. The lowest BCUT2D eigenvalue weighted by Gasteiger charge is -2.18. The molecule has 4 nitrogen and oxygen atoms in total. The van der Waals surface area contributed by atoms with Crippen molar-refractivity contribution in [1.29, 1.82) is 0 Å². The van der Waals surface area contributed by atoms with Gasteiger partial charge in [-0.2, -0.15) is 0 Å². The number of carbonyl (C=O) groups is 2. The molecule has 29 heavy (non-hydrogen) atoms. The van der Waals surface area contributed by atoms with Crippen LogP contribution in [0, 0.1) is 6.92 Å². The van der Waals surface area contributed by atoms with Crippen molar-refractivity contribution in [2.75, 3.05) is 6.61 Å². The van der Waals surface area contributed by atoms with Crippen LogP contribution in [0.25, 0.3) is 0 Å². The lowest BCUT2D eigenvalue weighted by Crippen LogP contribution is -2.23. The Hall–Kier alpha value is -2.82. The van der Waals surface area contributed by atoms with E-state index in [1.165, 1.54) is 6.07 Å². The van der Waals surface area contributed by atoms with E-state index in [0.29, 0.717) is 21.9 Å². The molecule has 6 heteroatoms. The van der Waals surface area contributed by atoms with Gasteiger partial charge in [-0.05, 0) is 25.1 Å². The fourth-order valence-electron chi connectivity index (χ4n) is 2.66. The maximum atomic E-state index is 13.0. The lowest BCUT2D eigenvalue weighted by atomic mass is 9.99. The van der Waals surface area contributed by atoms with Crippen LogP contribution in [0.2, 0.25) is 10.0 Å². The molecule has 0 amide bonds. The van der Waals surface area contributed by atoms with Gasteiger partial charge in [-0.15, -0.1) is 0 Å². The van der Waals surface area contributed by atoms with E-state index in [2.05, 4.69) is 0 Å². The van der Waals surface area contributed by atoms with Crippen molar-refractivity contribution in [1.82, 2.24) is 0 Å². The minimum Gasteiger partial charge on any atom is -0.480 e. The number of hydrogen-bond donors (Lipinski definition) is 0. The average molecular weight is 429 g/mol. The zero-order valence-corrected chi connectivity index (χ0v) is 17.1. The molecule has 0 aliphatic carbocycles. The number of carbonyl (C=O) groups excluding carboxylic acids is 2. The van der Waals surface area contributed by atoms with Gasteiger partial charge in [0.15, 0.2) is 12.7 Å². The predicted molar refractivity (Wildman–Crippen MR) is 113 cm³/mol. The van der Waals surface area contributed by atoms with Crippen LogP contribution >= 0.6 is 23.2 Å². The SMILES string of the molecule is Cc1ccc(C(=O)[C@H](OC(=O)COc2ccc(Cl)cc2Cl)c2ccccc2)cc1. The first-order valence-corrected chi connectivity index (χ1v) is 9.63. The fraction of sp³-hybridized carbons (Fsp3) is 0.130. The van der Waals surface area contributed by atoms with Crippen LogP contribution in [0.15, 0.2) is 72.8 Å². The van der Waals surface area contributed by atoms with Gasteiger partial charge in [-0.25, -0.2) is 4.79 Å². The zero-order valence-electron chi connectivity index (χ0n) is 15.6. The Kier molecular flexibility index (Phi) is 6.91. The summed E-state index contributed by atoms with van der Waals surface area (Å²) in [7, 11) is 0. The quantitative estimate of drug-likeness (QED) is 0.349. The monoisotopic (exact) mass is 428 g/mol. The van der Waals surface area contributed by atoms with Gasteiger partial charge < -0.3 is 9.47 Å². The number of ether oxygens (including phenoxy) is 2. The maximum absolute atomic E-state index is 13.0. The molecule has 3 aromatic rings. The fourth-order valence-corrected chi connectivity index (χ4v) is 3.13. The van der Waals surface area contributed by atoms with Crippen molar-refractivity contribution >= 4 is 35.0 Å². The first-order chi connectivity index (χ1) is 13.9. The maximum Gasteiger partial charge on any atom is 0.345 e. The molecule has 0 heterocycles. The second kappa shape index (κ2) is 9.59. The molecule has 0 aliphatic heterocycles. The highest BCUT2D eigenvalue weighted by molar-refractivity contribution is 6.35. The lowest BCUT2D eigenvalue weighted by molar-refractivity contribution is -0.149. The van der Waals surface area contributed by atoms with Gasteiger partial charge in [0, 0.05) is 16.1 Å². The largest absolute Gasteiger partial charge is 0.480 e. The standard InChI is InChI=1S/C23H18Cl2O4/c1-15-7-9-16(10-8-15)22(27)23(17-5-3-2-4-6-17)29-21(26)14-28-20-12-11-18(24)13-19(20)25/h2-13,23H,14H2,1H3/t23-/m1/s1. The van der Waals surface area contributed by atoms with Crippen molar-refractivity contribution in [3.8, 4) is 5.75 Å². The van der Waals surface area contributed by atoms with Crippen LogP contribution in [0.4, 0.5) is 0 Å². The third kappa shape index (κ3) is 5.59. The molecule has 3 rings (SSSR count). The summed E-state index contributed by atoms with van der Waals surface area (Å²) in [5.74, 6) is -0.700. The Morgan fingerprint density at radius 3 is 2.28 bits per heavy atom. The minimum atomic E-state index is -1.07. The summed E-state index contributed by atoms with van der Waals surface area (Å²) in [5.41, 5.74) is 2.07. The second-order valence-corrected chi connectivity index (χ2v) is 7.22. The first kappa shape index (κ1) is 20.9. The molecule has 0 aliphatic rings. The van der Waals surface area contributed by atoms with E-state index in [0.717, 1.165) is 5.56 Å². The molecule has 0 saturated heterocycles. The molecule has 3 aromatic carbocycles. The molecule has 0 fully saturated rings. The smallest absolute Gasteiger partial charge is 0.345 e. The first-order valence-electron chi connectivity index (χ1n) is 8.87. The van der Waals surface area contributed by atoms with Gasteiger partial charge >= 0.3 is 5.97 Å². The number of aryl methyl sites for hydroxylation is 1. The number of ketones is 1. The third-order valence-electron chi connectivity index (χ3n) is 4.17. The van der Waals surface area contributed by atoms with E-state index in [1.807, 2.05) is 25.1 Å². The second-order valence-electron chi connectivity index (χ2n) is 6.37. The molecule has 1 atom stereocenters. The Morgan fingerprint density at radius 2 is 1.62 bits per heavy atom. The number of halogens is 2. The van der Waals surface area contributed by atoms with Gasteiger partial charge in [0.1, 0.15) is 5.75 Å². The van der Waals surface area contributed by atoms with E-state index in [9.17, 15) is 9.59 Å². The highest BCUT2D eigenvalue weighted by atomic mass is 35.5. The number of esters is 1. The molecule has 0 saturated carbocycles. The van der Waals surface area contributed by atoms with Crippen LogP contribution in [0.5, 0.6) is 5.75 Å². The molecular weight excluding hydrogens is 411 g/mol. The number of rotatable bonds is 7. The molecular formula is C23H18Cl2O4. The van der Waals surface area contributed by atoms with Crippen LogP contribution in [-0.4, -0.2) is 18.4 Å². The molecule has 0 radical (unpaired) electrons. The summed E-state index contributed by atoms with van der Waals surface area (Å²) in [6, 6.07) is 20.6. The Morgan fingerprint density at radius 1 is 0.931 bits per heavy atom. The number of hydrogen-bond acceptors (Lipinski definition) is 4. The molecule has 148 valence electrons. The van der Waals surface area contributed by atoms with Crippen LogP contribution < -0.4 is 4.74 Å². The van der Waals surface area contributed by atoms with Crippen LogP contribution in [0.3, 0.4) is 0 Å². The van der Waals surface area contributed by atoms with E-state index in [4.69, 9.17) is 32.7 Å². The molecule has 0 spiro atoms. The Labute approximate surface area is 179 Å². The number of benzene rings is 3. The molecule has 0 bridgehead atoms.